The van der Waals surface area contributed by atoms with Gasteiger partial charge in [-0.05, 0) is 44.1 Å². The fourth-order valence-corrected chi connectivity index (χ4v) is 2.69. The summed E-state index contributed by atoms with van der Waals surface area (Å²) in [7, 11) is 4.19. The smallest absolute Gasteiger partial charge is 0.122 e. The molecule has 1 aliphatic rings. The largest absolute Gasteiger partial charge is 0.493 e. The second-order valence-corrected chi connectivity index (χ2v) is 4.85. The van der Waals surface area contributed by atoms with Gasteiger partial charge in [0.2, 0.25) is 0 Å². The zero-order valence-electron chi connectivity index (χ0n) is 9.94. The van der Waals surface area contributed by atoms with Crippen molar-refractivity contribution in [2.75, 3.05) is 26.5 Å². The van der Waals surface area contributed by atoms with Crippen LogP contribution in [-0.2, 0) is 6.42 Å². The third-order valence-corrected chi connectivity index (χ3v) is 3.46. The van der Waals surface area contributed by atoms with Crippen LogP contribution in [0.15, 0.2) is 18.2 Å². The molecule has 1 aromatic rings. The van der Waals surface area contributed by atoms with Gasteiger partial charge in [0, 0.05) is 11.8 Å². The van der Waals surface area contributed by atoms with Crippen LogP contribution in [-0.4, -0.2) is 31.4 Å². The number of rotatable bonds is 3. The van der Waals surface area contributed by atoms with Crippen molar-refractivity contribution in [2.45, 2.75) is 18.9 Å². The van der Waals surface area contributed by atoms with Crippen LogP contribution in [0.2, 0.25) is 0 Å². The molecule has 0 fully saturated rings. The molecular weight excluding hydrogens is 218 g/mol. The molecule has 16 heavy (non-hydrogen) atoms. The zero-order chi connectivity index (χ0) is 11.5. The normalized spacial score (nSPS) is 16.8. The van der Waals surface area contributed by atoms with Crippen molar-refractivity contribution < 1.29 is 4.74 Å². The highest BCUT2D eigenvalue weighted by molar-refractivity contribution is 7.80. The third-order valence-electron chi connectivity index (χ3n) is 3.11. The standard InChI is InChI=1S/C13H19NOS/c1-14(2)12(9-16)10-5-6-13-11(8-10)4-3-7-15-13/h5-6,8,12,16H,3-4,7,9H2,1-2H3. The fraction of sp³-hybridized carbons (Fsp3) is 0.538. The predicted octanol–water partition coefficient (Wildman–Crippen LogP) is 2.54. The van der Waals surface area contributed by atoms with E-state index in [1.165, 1.54) is 11.1 Å². The van der Waals surface area contributed by atoms with E-state index >= 15 is 0 Å². The highest BCUT2D eigenvalue weighted by Gasteiger charge is 2.16. The lowest BCUT2D eigenvalue weighted by Crippen LogP contribution is -2.21. The molecule has 1 unspecified atom stereocenters. The van der Waals surface area contributed by atoms with E-state index in [1.54, 1.807) is 0 Å². The van der Waals surface area contributed by atoms with Crippen molar-refractivity contribution in [1.82, 2.24) is 4.90 Å². The van der Waals surface area contributed by atoms with Crippen molar-refractivity contribution in [2.24, 2.45) is 0 Å². The Kier molecular flexibility index (Phi) is 3.77. The highest BCUT2D eigenvalue weighted by Crippen LogP contribution is 2.29. The Bertz CT molecular complexity index is 365. The van der Waals surface area contributed by atoms with E-state index in [9.17, 15) is 0 Å². The van der Waals surface area contributed by atoms with Gasteiger partial charge in [0.25, 0.3) is 0 Å². The number of ether oxygens (including phenoxy) is 1. The first-order chi connectivity index (χ1) is 7.72. The average Bonchev–Trinajstić information content (AvgIpc) is 2.29. The van der Waals surface area contributed by atoms with Gasteiger partial charge in [-0.3, -0.25) is 0 Å². The van der Waals surface area contributed by atoms with Crippen LogP contribution in [0, 0.1) is 0 Å². The maximum absolute atomic E-state index is 5.62. The molecule has 2 nitrogen and oxygen atoms in total. The van der Waals surface area contributed by atoms with Crippen LogP contribution in [0.5, 0.6) is 5.75 Å². The second-order valence-electron chi connectivity index (χ2n) is 4.48. The molecule has 3 heteroatoms. The summed E-state index contributed by atoms with van der Waals surface area (Å²) < 4.78 is 5.62. The Morgan fingerprint density at radius 2 is 2.25 bits per heavy atom. The first-order valence-electron chi connectivity index (χ1n) is 5.75. The van der Waals surface area contributed by atoms with Gasteiger partial charge in [0.05, 0.1) is 6.61 Å². The fourth-order valence-electron chi connectivity index (χ4n) is 2.15. The first-order valence-corrected chi connectivity index (χ1v) is 6.38. The molecule has 1 atom stereocenters. The van der Waals surface area contributed by atoms with Crippen LogP contribution in [0.3, 0.4) is 0 Å². The lowest BCUT2D eigenvalue weighted by molar-refractivity contribution is 0.286. The van der Waals surface area contributed by atoms with E-state index in [2.05, 4.69) is 49.8 Å². The van der Waals surface area contributed by atoms with Crippen molar-refractivity contribution in [1.29, 1.82) is 0 Å². The van der Waals surface area contributed by atoms with Gasteiger partial charge in [-0.15, -0.1) is 0 Å². The minimum Gasteiger partial charge on any atom is -0.493 e. The zero-order valence-corrected chi connectivity index (χ0v) is 10.8. The molecule has 0 bridgehead atoms. The molecular formula is C13H19NOS. The average molecular weight is 237 g/mol. The molecule has 0 aliphatic carbocycles. The van der Waals surface area contributed by atoms with Gasteiger partial charge in [0.15, 0.2) is 0 Å². The van der Waals surface area contributed by atoms with Crippen LogP contribution < -0.4 is 4.74 Å². The maximum Gasteiger partial charge on any atom is 0.122 e. The molecule has 0 amide bonds. The summed E-state index contributed by atoms with van der Waals surface area (Å²) in [6, 6.07) is 6.92. The summed E-state index contributed by atoms with van der Waals surface area (Å²) in [6.45, 7) is 0.857. The van der Waals surface area contributed by atoms with Crippen LogP contribution in [0.4, 0.5) is 0 Å². The predicted molar refractivity (Wildman–Crippen MR) is 70.5 cm³/mol. The van der Waals surface area contributed by atoms with Crippen LogP contribution >= 0.6 is 12.6 Å². The van der Waals surface area contributed by atoms with E-state index in [1.807, 2.05) is 0 Å². The number of benzene rings is 1. The Balaban J connectivity index is 2.28. The van der Waals surface area contributed by atoms with Gasteiger partial charge < -0.3 is 9.64 Å². The van der Waals surface area contributed by atoms with Crippen LogP contribution in [0.1, 0.15) is 23.6 Å². The Morgan fingerprint density at radius 1 is 1.44 bits per heavy atom. The van der Waals surface area contributed by atoms with Crippen molar-refractivity contribution in [3.63, 3.8) is 0 Å². The topological polar surface area (TPSA) is 12.5 Å². The summed E-state index contributed by atoms with van der Waals surface area (Å²) in [5, 5.41) is 0. The number of hydrogen-bond acceptors (Lipinski definition) is 3. The lowest BCUT2D eigenvalue weighted by atomic mass is 9.99. The van der Waals surface area contributed by atoms with Crippen molar-refractivity contribution in [3.05, 3.63) is 29.3 Å². The molecule has 0 radical (unpaired) electrons. The van der Waals surface area contributed by atoms with E-state index in [0.29, 0.717) is 6.04 Å². The Morgan fingerprint density at radius 3 is 2.94 bits per heavy atom. The van der Waals surface area contributed by atoms with E-state index in [4.69, 9.17) is 4.74 Å². The summed E-state index contributed by atoms with van der Waals surface area (Å²) in [5.74, 6) is 1.90. The first kappa shape index (κ1) is 11.8. The number of fused-ring (bicyclic) bond motifs is 1. The monoisotopic (exact) mass is 237 g/mol. The molecule has 2 rings (SSSR count). The lowest BCUT2D eigenvalue weighted by Gasteiger charge is -2.25. The second kappa shape index (κ2) is 5.11. The minimum absolute atomic E-state index is 0.385. The van der Waals surface area contributed by atoms with E-state index in [0.717, 1.165) is 31.0 Å². The van der Waals surface area contributed by atoms with Gasteiger partial charge in [-0.2, -0.15) is 12.6 Å². The summed E-state index contributed by atoms with van der Waals surface area (Å²) in [6.07, 6.45) is 2.26. The number of nitrogens with zero attached hydrogens (tertiary/aromatic N) is 1. The van der Waals surface area contributed by atoms with Gasteiger partial charge in [-0.1, -0.05) is 12.1 Å². The summed E-state index contributed by atoms with van der Waals surface area (Å²) in [5.41, 5.74) is 2.68. The molecule has 0 N–H and O–H groups in total. The maximum atomic E-state index is 5.62. The van der Waals surface area contributed by atoms with E-state index < -0.39 is 0 Å². The number of hydrogen-bond donors (Lipinski definition) is 1. The van der Waals surface area contributed by atoms with Gasteiger partial charge in [0.1, 0.15) is 5.75 Å². The molecule has 0 saturated heterocycles. The Hall–Kier alpha value is -0.670. The van der Waals surface area contributed by atoms with Crippen LogP contribution in [0.25, 0.3) is 0 Å². The molecule has 88 valence electrons. The van der Waals surface area contributed by atoms with Crippen molar-refractivity contribution >= 4 is 12.6 Å². The molecule has 1 aliphatic heterocycles. The Labute approximate surface area is 103 Å². The van der Waals surface area contributed by atoms with Gasteiger partial charge in [-0.25, -0.2) is 0 Å². The van der Waals surface area contributed by atoms with E-state index in [-0.39, 0.29) is 0 Å². The molecule has 0 spiro atoms. The molecule has 1 heterocycles. The number of aryl methyl sites for hydroxylation is 1. The quantitative estimate of drug-likeness (QED) is 0.811. The molecule has 0 aromatic heterocycles. The summed E-state index contributed by atoms with van der Waals surface area (Å²) >= 11 is 4.42. The summed E-state index contributed by atoms with van der Waals surface area (Å²) in [4.78, 5) is 2.21. The molecule has 0 saturated carbocycles. The molecule has 1 aromatic carbocycles. The number of thiol groups is 1. The van der Waals surface area contributed by atoms with Crippen molar-refractivity contribution in [3.8, 4) is 5.75 Å². The van der Waals surface area contributed by atoms with Gasteiger partial charge >= 0.3 is 0 Å². The third kappa shape index (κ3) is 2.36. The SMILES string of the molecule is CN(C)C(CS)c1ccc2c(c1)CCCO2. The highest BCUT2D eigenvalue weighted by atomic mass is 32.1. The minimum atomic E-state index is 0.385.